The molecule has 4 aliphatic heterocycles. The number of hydrogen-bond acceptors (Lipinski definition) is 8. The molecule has 14 heteroatoms. The number of rotatable bonds is 15. The van der Waals surface area contributed by atoms with Crippen molar-refractivity contribution in [3.63, 3.8) is 0 Å². The van der Waals surface area contributed by atoms with E-state index in [1.807, 2.05) is 92.4 Å². The zero-order valence-corrected chi connectivity index (χ0v) is 42.3. The minimum Gasteiger partial charge on any atom is -0.488 e. The molecule has 0 spiro atoms. The van der Waals surface area contributed by atoms with Gasteiger partial charge in [0, 0.05) is 59.3 Å². The SMILES string of the molecule is CC(C)CC(=O)N[C@@H](C(=O)N1CCC[C@H]1c1ncc(-c2cc3c4c(c2)OCc2cc(-c5cnc([C@@H]6CCCN6C(=O)[C@H](NC(=O)CC(C)C)c6ccc(C7CCCC7)cc6)[nH]5)cc(c2-4)OC3)[nH]1)c1ccccc1. The lowest BCUT2D eigenvalue weighted by molar-refractivity contribution is -0.138. The minimum absolute atomic E-state index is 0.120. The summed E-state index contributed by atoms with van der Waals surface area (Å²) in [5, 5.41) is 6.15. The van der Waals surface area contributed by atoms with Gasteiger partial charge in [0.05, 0.1) is 35.9 Å². The highest BCUT2D eigenvalue weighted by Gasteiger charge is 2.39. The fourth-order valence-corrected chi connectivity index (χ4v) is 11.9. The highest BCUT2D eigenvalue weighted by Crippen LogP contribution is 2.51. The van der Waals surface area contributed by atoms with Crippen LogP contribution in [-0.2, 0) is 32.4 Å². The quantitative estimate of drug-likeness (QED) is 0.0786. The van der Waals surface area contributed by atoms with Gasteiger partial charge in [0.15, 0.2) is 0 Å². The smallest absolute Gasteiger partial charge is 0.250 e. The molecule has 2 saturated heterocycles. The molecule has 5 aliphatic rings. The molecular formula is C59H66N8O6. The summed E-state index contributed by atoms with van der Waals surface area (Å²) in [6.07, 6.45) is 12.4. The molecule has 11 rings (SSSR count). The van der Waals surface area contributed by atoms with Crippen molar-refractivity contribution in [2.24, 2.45) is 11.8 Å². The van der Waals surface area contributed by atoms with E-state index >= 15 is 0 Å². The molecule has 0 radical (unpaired) electrons. The van der Waals surface area contributed by atoms with Crippen LogP contribution in [-0.4, -0.2) is 66.5 Å². The highest BCUT2D eigenvalue weighted by atomic mass is 16.5. The number of amides is 4. The van der Waals surface area contributed by atoms with E-state index in [0.717, 1.165) is 93.1 Å². The van der Waals surface area contributed by atoms with Crippen molar-refractivity contribution in [1.29, 1.82) is 0 Å². The van der Waals surface area contributed by atoms with Crippen molar-refractivity contribution in [1.82, 2.24) is 40.4 Å². The highest BCUT2D eigenvalue weighted by molar-refractivity contribution is 5.91. The van der Waals surface area contributed by atoms with Crippen LogP contribution in [0.5, 0.6) is 11.5 Å². The van der Waals surface area contributed by atoms with Crippen molar-refractivity contribution in [2.45, 2.75) is 135 Å². The van der Waals surface area contributed by atoms with Gasteiger partial charge in [0.2, 0.25) is 23.6 Å². The predicted molar refractivity (Wildman–Crippen MR) is 278 cm³/mol. The van der Waals surface area contributed by atoms with Crippen molar-refractivity contribution >= 4 is 23.6 Å². The molecule has 6 aromatic rings. The zero-order valence-electron chi connectivity index (χ0n) is 42.3. The number of nitrogens with zero attached hydrogens (tertiary/aromatic N) is 4. The number of nitrogens with one attached hydrogen (secondary N) is 4. The van der Waals surface area contributed by atoms with E-state index in [2.05, 4.69) is 57.0 Å². The maximum Gasteiger partial charge on any atom is 0.250 e. The van der Waals surface area contributed by atoms with Gasteiger partial charge in [-0.25, -0.2) is 9.97 Å². The van der Waals surface area contributed by atoms with Crippen LogP contribution in [0.3, 0.4) is 0 Å². The lowest BCUT2D eigenvalue weighted by Gasteiger charge is -2.30. The topological polar surface area (TPSA) is 175 Å². The minimum atomic E-state index is -0.792. The van der Waals surface area contributed by atoms with E-state index in [-0.39, 0.29) is 47.5 Å². The first kappa shape index (κ1) is 48.1. The first-order valence-corrected chi connectivity index (χ1v) is 26.5. The third-order valence-electron chi connectivity index (χ3n) is 15.4. The van der Waals surface area contributed by atoms with Gasteiger partial charge in [0.25, 0.3) is 0 Å². The molecular weight excluding hydrogens is 917 g/mol. The summed E-state index contributed by atoms with van der Waals surface area (Å²) >= 11 is 0. The molecule has 0 bridgehead atoms. The third-order valence-corrected chi connectivity index (χ3v) is 15.4. The van der Waals surface area contributed by atoms with E-state index in [1.165, 1.54) is 31.2 Å². The summed E-state index contributed by atoms with van der Waals surface area (Å²) < 4.78 is 13.1. The van der Waals surface area contributed by atoms with Crippen molar-refractivity contribution in [2.75, 3.05) is 13.1 Å². The van der Waals surface area contributed by atoms with E-state index in [0.29, 0.717) is 56.7 Å². The van der Waals surface area contributed by atoms with Crippen LogP contribution in [0.4, 0.5) is 0 Å². The molecule has 4 amide bonds. The lowest BCUT2D eigenvalue weighted by Crippen LogP contribution is -2.43. The molecule has 6 heterocycles. The number of aromatic amines is 2. The van der Waals surface area contributed by atoms with Gasteiger partial charge in [-0.3, -0.25) is 19.2 Å². The largest absolute Gasteiger partial charge is 0.488 e. The van der Waals surface area contributed by atoms with Crippen molar-refractivity contribution < 1.29 is 28.7 Å². The van der Waals surface area contributed by atoms with Crippen LogP contribution in [0.15, 0.2) is 91.3 Å². The number of imidazole rings is 2. The van der Waals surface area contributed by atoms with E-state index in [4.69, 9.17) is 19.4 Å². The average molecular weight is 983 g/mol. The van der Waals surface area contributed by atoms with Crippen LogP contribution in [0, 0.1) is 11.8 Å². The number of hydrogen-bond donors (Lipinski definition) is 4. The number of ether oxygens (including phenoxy) is 2. The summed E-state index contributed by atoms with van der Waals surface area (Å²) in [6.45, 7) is 9.84. The fraction of sp³-hybridized carbons (Fsp3) is 0.424. The molecule has 3 fully saturated rings. The van der Waals surface area contributed by atoms with Gasteiger partial charge in [-0.05, 0) is 97.2 Å². The summed E-state index contributed by atoms with van der Waals surface area (Å²) in [4.78, 5) is 75.8. The number of carbonyl (C=O) groups excluding carboxylic acids is 4. The Morgan fingerprint density at radius 1 is 0.603 bits per heavy atom. The van der Waals surface area contributed by atoms with Crippen LogP contribution < -0.4 is 20.1 Å². The summed E-state index contributed by atoms with van der Waals surface area (Å²) in [7, 11) is 0. The normalized spacial score (nSPS) is 18.9. The lowest BCUT2D eigenvalue weighted by atomic mass is 9.87. The molecule has 1 saturated carbocycles. The Morgan fingerprint density at radius 3 is 1.53 bits per heavy atom. The Balaban J connectivity index is 0.808. The van der Waals surface area contributed by atoms with E-state index in [1.54, 1.807) is 0 Å². The van der Waals surface area contributed by atoms with Gasteiger partial charge in [0.1, 0.15) is 48.4 Å². The Morgan fingerprint density at radius 2 is 1.07 bits per heavy atom. The Kier molecular flexibility index (Phi) is 13.4. The second-order valence-electron chi connectivity index (χ2n) is 21.6. The average Bonchev–Trinajstić information content (AvgIpc) is 4.26. The molecule has 2 aromatic heterocycles. The Bertz CT molecular complexity index is 2980. The second kappa shape index (κ2) is 20.4. The van der Waals surface area contributed by atoms with Gasteiger partial charge < -0.3 is 39.9 Å². The molecule has 4 N–H and O–H groups in total. The standard InChI is InChI=1S/C59H66N8O6/c1-34(2)24-50(68)64-54(38-14-6-5-7-15-38)58(70)66-22-10-16-46(66)56-60-30-44(62-56)40-26-42-32-73-49-29-41(27-43-33-72-48(28-40)52(42)53(43)49)45-31-61-57(63-45)47-17-11-23-67(47)59(71)55(65-51(69)25-35(3)4)39-20-18-37(19-21-39)36-12-8-9-13-36/h5-7,14-15,18-21,26-31,34-36,46-47,54-55H,8-13,16-17,22-25,32-33H2,1-4H3,(H,60,62)(H,61,63)(H,64,68)(H,65,69)/t46-,47-,54+,55+/m0/s1. The first-order valence-electron chi connectivity index (χ1n) is 26.5. The number of likely N-dealkylation sites (tertiary alicyclic amines) is 2. The molecule has 4 atom stereocenters. The molecule has 4 aromatic carbocycles. The summed E-state index contributed by atoms with van der Waals surface area (Å²) in [5.74, 6) is 3.30. The molecule has 73 heavy (non-hydrogen) atoms. The van der Waals surface area contributed by atoms with Gasteiger partial charge in [-0.15, -0.1) is 0 Å². The fourth-order valence-electron chi connectivity index (χ4n) is 11.9. The summed E-state index contributed by atoms with van der Waals surface area (Å²) in [6, 6.07) is 24.1. The number of benzene rings is 4. The maximum atomic E-state index is 14.6. The third kappa shape index (κ3) is 9.76. The second-order valence-corrected chi connectivity index (χ2v) is 21.6. The maximum absolute atomic E-state index is 14.6. The Hall–Kier alpha value is -7.22. The molecule has 1 aliphatic carbocycles. The van der Waals surface area contributed by atoms with Crippen molar-refractivity contribution in [3.05, 3.63) is 131 Å². The molecule has 14 nitrogen and oxygen atoms in total. The number of carbonyl (C=O) groups is 4. The predicted octanol–water partition coefficient (Wildman–Crippen LogP) is 10.7. The first-order chi connectivity index (χ1) is 35.4. The van der Waals surface area contributed by atoms with Gasteiger partial charge in [-0.1, -0.05) is 95.1 Å². The monoisotopic (exact) mass is 983 g/mol. The van der Waals surface area contributed by atoms with Crippen LogP contribution in [0.2, 0.25) is 0 Å². The van der Waals surface area contributed by atoms with Crippen molar-refractivity contribution in [3.8, 4) is 45.1 Å². The van der Waals surface area contributed by atoms with Gasteiger partial charge in [-0.2, -0.15) is 0 Å². The number of H-pyrrole nitrogens is 2. The zero-order chi connectivity index (χ0) is 50.3. The van der Waals surface area contributed by atoms with E-state index in [9.17, 15) is 19.2 Å². The summed E-state index contributed by atoms with van der Waals surface area (Å²) in [5.41, 5.74) is 10.4. The van der Waals surface area contributed by atoms with Crippen LogP contribution in [0.25, 0.3) is 33.6 Å². The van der Waals surface area contributed by atoms with E-state index < -0.39 is 12.1 Å². The molecule has 378 valence electrons. The number of aromatic nitrogens is 4. The Labute approximate surface area is 427 Å². The molecule has 0 unspecified atom stereocenters. The van der Waals surface area contributed by atoms with Crippen LogP contribution >= 0.6 is 0 Å². The van der Waals surface area contributed by atoms with Crippen LogP contribution in [0.1, 0.15) is 161 Å². The van der Waals surface area contributed by atoms with Gasteiger partial charge >= 0.3 is 0 Å².